The number of anilines is 2. The number of amides is 1. The van der Waals surface area contributed by atoms with Gasteiger partial charge in [0.25, 0.3) is 5.91 Å². The molecular weight excluding hydrogens is 387 g/mol. The Kier molecular flexibility index (Phi) is 4.55. The van der Waals surface area contributed by atoms with E-state index < -0.39 is 6.04 Å². The van der Waals surface area contributed by atoms with E-state index in [1.165, 1.54) is 6.33 Å². The predicted molar refractivity (Wildman–Crippen MR) is 104 cm³/mol. The number of nitrogens with zero attached hydrogens (tertiary/aromatic N) is 4. The minimum absolute atomic E-state index is 0.295. The number of hydrogen-bond donors (Lipinski definition) is 2. The Hall–Kier alpha value is -2.90. The van der Waals surface area contributed by atoms with E-state index in [0.29, 0.717) is 33.1 Å². The lowest BCUT2D eigenvalue weighted by Crippen LogP contribution is -2.31. The first-order valence-corrected chi connectivity index (χ1v) is 8.85. The van der Waals surface area contributed by atoms with Gasteiger partial charge in [0.05, 0.1) is 15.6 Å². The van der Waals surface area contributed by atoms with Gasteiger partial charge < -0.3 is 10.6 Å². The average molecular weight is 401 g/mol. The van der Waals surface area contributed by atoms with Crippen LogP contribution in [0.4, 0.5) is 11.8 Å². The molecule has 9 heteroatoms. The molecule has 0 aliphatic carbocycles. The number of halogens is 2. The van der Waals surface area contributed by atoms with Gasteiger partial charge in [0.1, 0.15) is 18.2 Å². The highest BCUT2D eigenvalue weighted by Gasteiger charge is 2.33. The topological polar surface area (TPSA) is 84.7 Å². The van der Waals surface area contributed by atoms with Crippen LogP contribution < -0.4 is 10.6 Å². The van der Waals surface area contributed by atoms with Gasteiger partial charge in [-0.25, -0.2) is 9.67 Å². The largest absolute Gasteiger partial charge is 0.328 e. The average Bonchev–Trinajstić information content (AvgIpc) is 3.11. The molecule has 2 N–H and O–H groups in total. The number of carbonyl (C=O) groups is 1. The Morgan fingerprint density at radius 2 is 2.04 bits per heavy atom. The zero-order chi connectivity index (χ0) is 19.0. The van der Waals surface area contributed by atoms with Crippen molar-refractivity contribution in [2.75, 3.05) is 10.6 Å². The summed E-state index contributed by atoms with van der Waals surface area (Å²) in [7, 11) is 0. The third-order valence-corrected chi connectivity index (χ3v) is 4.94. The zero-order valence-electron chi connectivity index (χ0n) is 14.1. The van der Waals surface area contributed by atoms with Crippen molar-refractivity contribution in [2.45, 2.75) is 13.0 Å². The number of fused-ring (bicyclic) bond motifs is 1. The molecule has 0 saturated heterocycles. The molecule has 2 aromatic heterocycles. The van der Waals surface area contributed by atoms with E-state index in [2.05, 4.69) is 25.7 Å². The summed E-state index contributed by atoms with van der Waals surface area (Å²) in [6.45, 7) is 1.82. The molecule has 3 aromatic rings. The van der Waals surface area contributed by atoms with Gasteiger partial charge in [0, 0.05) is 11.9 Å². The van der Waals surface area contributed by atoms with Crippen LogP contribution in [0.25, 0.3) is 0 Å². The van der Waals surface area contributed by atoms with Crippen molar-refractivity contribution in [3.63, 3.8) is 0 Å². The molecule has 0 unspecified atom stereocenters. The first-order valence-electron chi connectivity index (χ1n) is 8.09. The van der Waals surface area contributed by atoms with Crippen molar-refractivity contribution in [2.24, 2.45) is 0 Å². The molecule has 1 aliphatic rings. The van der Waals surface area contributed by atoms with E-state index in [-0.39, 0.29) is 5.91 Å². The molecule has 0 radical (unpaired) electrons. The van der Waals surface area contributed by atoms with E-state index in [1.807, 2.05) is 13.0 Å². The first-order chi connectivity index (χ1) is 13.0. The van der Waals surface area contributed by atoms with E-state index in [4.69, 9.17) is 23.2 Å². The third kappa shape index (κ3) is 3.27. The second-order valence-corrected chi connectivity index (χ2v) is 6.75. The van der Waals surface area contributed by atoms with Gasteiger partial charge in [-0.05, 0) is 36.8 Å². The fourth-order valence-electron chi connectivity index (χ4n) is 3.00. The molecular formula is C18H14Cl2N6O. The lowest BCUT2D eigenvalue weighted by molar-refractivity contribution is -0.113. The van der Waals surface area contributed by atoms with Crippen LogP contribution in [0, 0.1) is 0 Å². The lowest BCUT2D eigenvalue weighted by Gasteiger charge is -2.28. The van der Waals surface area contributed by atoms with Crippen molar-refractivity contribution >= 4 is 40.9 Å². The Balaban J connectivity index is 1.79. The second-order valence-electron chi connectivity index (χ2n) is 5.94. The third-order valence-electron chi connectivity index (χ3n) is 4.20. The van der Waals surface area contributed by atoms with Gasteiger partial charge in [0.15, 0.2) is 0 Å². The summed E-state index contributed by atoms with van der Waals surface area (Å²) in [5.74, 6) is 0.703. The first kappa shape index (κ1) is 17.5. The summed E-state index contributed by atoms with van der Waals surface area (Å²) in [4.78, 5) is 21.4. The monoisotopic (exact) mass is 400 g/mol. The summed E-state index contributed by atoms with van der Waals surface area (Å²) in [5, 5.41) is 11.0. The van der Waals surface area contributed by atoms with Crippen LogP contribution in [0.3, 0.4) is 0 Å². The van der Waals surface area contributed by atoms with Crippen molar-refractivity contribution < 1.29 is 4.79 Å². The number of hydrogen-bond acceptors (Lipinski definition) is 5. The Morgan fingerprint density at radius 3 is 2.78 bits per heavy atom. The Morgan fingerprint density at radius 1 is 1.19 bits per heavy atom. The molecule has 1 aromatic carbocycles. The summed E-state index contributed by atoms with van der Waals surface area (Å²) in [6.07, 6.45) is 3.04. The Labute approximate surface area is 165 Å². The summed E-state index contributed by atoms with van der Waals surface area (Å²) in [5.41, 5.74) is 1.92. The van der Waals surface area contributed by atoms with Crippen molar-refractivity contribution in [1.29, 1.82) is 0 Å². The van der Waals surface area contributed by atoms with Gasteiger partial charge in [0.2, 0.25) is 5.95 Å². The molecule has 0 fully saturated rings. The van der Waals surface area contributed by atoms with Gasteiger partial charge >= 0.3 is 0 Å². The molecule has 0 saturated carbocycles. The maximum Gasteiger partial charge on any atom is 0.257 e. The minimum atomic E-state index is -0.512. The summed E-state index contributed by atoms with van der Waals surface area (Å²) in [6, 6.07) is 10.0. The molecule has 136 valence electrons. The predicted octanol–water partition coefficient (Wildman–Crippen LogP) is 3.91. The molecule has 27 heavy (non-hydrogen) atoms. The van der Waals surface area contributed by atoms with Crippen molar-refractivity contribution in [1.82, 2.24) is 19.7 Å². The maximum atomic E-state index is 13.1. The normalized spacial score (nSPS) is 15.9. The van der Waals surface area contributed by atoms with Gasteiger partial charge in [-0.2, -0.15) is 10.1 Å². The fraction of sp³-hybridized carbons (Fsp3) is 0.111. The minimum Gasteiger partial charge on any atom is -0.328 e. The number of nitrogens with one attached hydrogen (secondary N) is 2. The molecule has 1 amide bonds. The summed E-state index contributed by atoms with van der Waals surface area (Å²) >= 11 is 12.3. The van der Waals surface area contributed by atoms with Gasteiger partial charge in [-0.15, -0.1) is 0 Å². The quantitative estimate of drug-likeness (QED) is 0.695. The molecule has 4 rings (SSSR count). The fourth-order valence-corrected chi connectivity index (χ4v) is 3.30. The highest BCUT2D eigenvalue weighted by Crippen LogP contribution is 2.37. The molecule has 0 spiro atoms. The number of pyridine rings is 1. The molecule has 7 nitrogen and oxygen atoms in total. The SMILES string of the molecule is CC1=C(C(=O)Nc2ccccn2)[C@@H](c2ccc(Cl)c(Cl)c2)n2ncnc2N1. The number of benzene rings is 1. The zero-order valence-corrected chi connectivity index (χ0v) is 15.7. The highest BCUT2D eigenvalue weighted by molar-refractivity contribution is 6.42. The smallest absolute Gasteiger partial charge is 0.257 e. The molecule has 1 aliphatic heterocycles. The van der Waals surface area contributed by atoms with Crippen LogP contribution in [0.2, 0.25) is 10.0 Å². The molecule has 0 bridgehead atoms. The highest BCUT2D eigenvalue weighted by atomic mass is 35.5. The molecule has 1 atom stereocenters. The number of aromatic nitrogens is 4. The Bertz CT molecular complexity index is 1050. The van der Waals surface area contributed by atoms with Gasteiger partial charge in [-0.1, -0.05) is 35.3 Å². The van der Waals surface area contributed by atoms with Crippen LogP contribution in [-0.2, 0) is 4.79 Å². The van der Waals surface area contributed by atoms with E-state index >= 15 is 0 Å². The van der Waals surface area contributed by atoms with Crippen LogP contribution in [-0.4, -0.2) is 25.7 Å². The van der Waals surface area contributed by atoms with E-state index in [1.54, 1.807) is 41.2 Å². The number of rotatable bonds is 3. The maximum absolute atomic E-state index is 13.1. The van der Waals surface area contributed by atoms with Crippen LogP contribution in [0.1, 0.15) is 18.5 Å². The lowest BCUT2D eigenvalue weighted by atomic mass is 9.95. The van der Waals surface area contributed by atoms with E-state index in [0.717, 1.165) is 5.56 Å². The number of carbonyl (C=O) groups excluding carboxylic acids is 1. The van der Waals surface area contributed by atoms with Crippen molar-refractivity contribution in [3.8, 4) is 0 Å². The van der Waals surface area contributed by atoms with Crippen LogP contribution >= 0.6 is 23.2 Å². The van der Waals surface area contributed by atoms with Crippen LogP contribution in [0.15, 0.2) is 60.2 Å². The number of allylic oxidation sites excluding steroid dienone is 1. The second kappa shape index (κ2) is 7.02. The van der Waals surface area contributed by atoms with E-state index in [9.17, 15) is 4.79 Å². The summed E-state index contributed by atoms with van der Waals surface area (Å²) < 4.78 is 1.64. The molecule has 3 heterocycles. The van der Waals surface area contributed by atoms with Gasteiger partial charge in [-0.3, -0.25) is 4.79 Å². The van der Waals surface area contributed by atoms with Crippen LogP contribution in [0.5, 0.6) is 0 Å². The standard InChI is InChI=1S/C18H14Cl2N6O/c1-10-15(17(27)25-14-4-2-3-7-21-14)16(26-18(24-10)22-9-23-26)11-5-6-12(19)13(20)8-11/h2-9,16H,1H3,(H,21,25,27)(H,22,23,24)/t16-/m1/s1. The van der Waals surface area contributed by atoms with Crippen molar-refractivity contribution in [3.05, 3.63) is 75.8 Å².